The lowest BCUT2D eigenvalue weighted by Crippen LogP contribution is -2.38. The van der Waals surface area contributed by atoms with Crippen LogP contribution in [-0.4, -0.2) is 42.2 Å². The summed E-state index contributed by atoms with van der Waals surface area (Å²) in [6, 6.07) is 10.4. The molecule has 0 saturated carbocycles. The van der Waals surface area contributed by atoms with E-state index in [4.69, 9.17) is 4.74 Å². The zero-order valence-electron chi connectivity index (χ0n) is 10.8. The highest BCUT2D eigenvalue weighted by Gasteiger charge is 2.35. The maximum Gasteiger partial charge on any atom is 0.233 e. The van der Waals surface area contributed by atoms with Gasteiger partial charge in [-0.25, -0.2) is 0 Å². The summed E-state index contributed by atoms with van der Waals surface area (Å²) in [4.78, 5) is 13.8. The summed E-state index contributed by atoms with van der Waals surface area (Å²) in [6.07, 6.45) is 0. The molecule has 3 nitrogen and oxygen atoms in total. The van der Waals surface area contributed by atoms with Crippen molar-refractivity contribution in [3.63, 3.8) is 0 Å². The van der Waals surface area contributed by atoms with Crippen LogP contribution in [0, 0.1) is 0 Å². The molecule has 0 bridgehead atoms. The van der Waals surface area contributed by atoms with E-state index in [-0.39, 0.29) is 11.3 Å². The van der Waals surface area contributed by atoms with E-state index in [1.165, 1.54) is 5.56 Å². The lowest BCUT2D eigenvalue weighted by molar-refractivity contribution is -0.128. The molecule has 2 rings (SSSR count). The van der Waals surface area contributed by atoms with Gasteiger partial charge in [0.1, 0.15) is 0 Å². The van der Waals surface area contributed by atoms with Crippen molar-refractivity contribution in [3.8, 4) is 0 Å². The van der Waals surface area contributed by atoms with Crippen LogP contribution >= 0.6 is 11.8 Å². The molecule has 1 amide bonds. The van der Waals surface area contributed by atoms with E-state index >= 15 is 0 Å². The van der Waals surface area contributed by atoms with Gasteiger partial charge in [0.25, 0.3) is 0 Å². The minimum Gasteiger partial charge on any atom is -0.383 e. The first kappa shape index (κ1) is 13.4. The third-order valence-corrected chi connectivity index (χ3v) is 4.71. The Bertz CT molecular complexity index is 396. The molecule has 0 aliphatic carbocycles. The van der Waals surface area contributed by atoms with Crippen molar-refractivity contribution in [1.82, 2.24) is 4.90 Å². The minimum absolute atomic E-state index is 0.227. The highest BCUT2D eigenvalue weighted by Crippen LogP contribution is 2.35. The number of benzene rings is 1. The molecular weight excluding hydrogens is 246 g/mol. The molecule has 1 aromatic carbocycles. The average Bonchev–Trinajstić information content (AvgIpc) is 2.78. The van der Waals surface area contributed by atoms with E-state index in [1.54, 1.807) is 18.9 Å². The van der Waals surface area contributed by atoms with Gasteiger partial charge in [-0.1, -0.05) is 37.3 Å². The van der Waals surface area contributed by atoms with Gasteiger partial charge in [0.05, 0.1) is 17.7 Å². The number of amides is 1. The number of thioether (sulfide) groups is 1. The Hall–Kier alpha value is -1.00. The summed E-state index contributed by atoms with van der Waals surface area (Å²) in [6.45, 7) is 3.47. The van der Waals surface area contributed by atoms with Gasteiger partial charge in [-0.2, -0.15) is 0 Å². The predicted octanol–water partition coefficient (Wildman–Crippen LogP) is 2.34. The van der Waals surface area contributed by atoms with Gasteiger partial charge in [-0.15, -0.1) is 11.8 Å². The van der Waals surface area contributed by atoms with Gasteiger partial charge in [-0.05, 0) is 5.56 Å². The molecule has 0 N–H and O–H groups in total. The van der Waals surface area contributed by atoms with Crippen molar-refractivity contribution < 1.29 is 9.53 Å². The van der Waals surface area contributed by atoms with Crippen molar-refractivity contribution in [2.45, 2.75) is 18.2 Å². The first-order chi connectivity index (χ1) is 8.74. The highest BCUT2D eigenvalue weighted by molar-refractivity contribution is 8.01. The van der Waals surface area contributed by atoms with Crippen LogP contribution in [0.2, 0.25) is 0 Å². The van der Waals surface area contributed by atoms with E-state index in [1.807, 2.05) is 23.1 Å². The van der Waals surface area contributed by atoms with E-state index in [2.05, 4.69) is 19.1 Å². The van der Waals surface area contributed by atoms with E-state index in [9.17, 15) is 4.79 Å². The Morgan fingerprint density at radius 3 is 2.83 bits per heavy atom. The molecule has 1 heterocycles. The fourth-order valence-electron chi connectivity index (χ4n) is 2.25. The second-order valence-electron chi connectivity index (χ2n) is 4.48. The number of carbonyl (C=O) groups excluding carboxylic acids is 1. The van der Waals surface area contributed by atoms with Gasteiger partial charge in [0, 0.05) is 19.6 Å². The summed E-state index contributed by atoms with van der Waals surface area (Å²) in [5.41, 5.74) is 1.28. The Kier molecular flexibility index (Phi) is 4.66. The maximum atomic E-state index is 11.9. The monoisotopic (exact) mass is 265 g/mol. The second-order valence-corrected chi connectivity index (χ2v) is 5.59. The fraction of sp³-hybridized carbons (Fsp3) is 0.500. The number of carbonyl (C=O) groups is 1. The molecule has 1 aliphatic rings. The summed E-state index contributed by atoms with van der Waals surface area (Å²) in [7, 11) is 1.67. The molecular formula is C14H19NO2S. The van der Waals surface area contributed by atoms with Crippen molar-refractivity contribution >= 4 is 17.7 Å². The molecule has 0 radical (unpaired) electrons. The molecule has 0 spiro atoms. The number of hydrogen-bond acceptors (Lipinski definition) is 3. The van der Waals surface area contributed by atoms with Crippen molar-refractivity contribution in [1.29, 1.82) is 0 Å². The number of rotatable bonds is 5. The number of methoxy groups -OCH3 is 1. The molecule has 98 valence electrons. The highest BCUT2D eigenvalue weighted by atomic mass is 32.2. The predicted molar refractivity (Wildman–Crippen MR) is 74.7 cm³/mol. The molecule has 2 unspecified atom stereocenters. The Balaban J connectivity index is 2.09. The van der Waals surface area contributed by atoms with E-state index in [0.29, 0.717) is 24.8 Å². The van der Waals surface area contributed by atoms with Gasteiger partial charge in [0.2, 0.25) is 5.91 Å². The molecule has 1 aromatic rings. The lowest BCUT2D eigenvalue weighted by atomic mass is 10.0. The first-order valence-corrected chi connectivity index (χ1v) is 7.24. The summed E-state index contributed by atoms with van der Waals surface area (Å²) in [5, 5.41) is 0.232. The summed E-state index contributed by atoms with van der Waals surface area (Å²) in [5.74, 6) is 1.16. The van der Waals surface area contributed by atoms with Gasteiger partial charge < -0.3 is 9.64 Å². The Morgan fingerprint density at radius 1 is 1.44 bits per heavy atom. The van der Waals surface area contributed by atoms with Crippen LogP contribution in [0.25, 0.3) is 0 Å². The van der Waals surface area contributed by atoms with Gasteiger partial charge in [0.15, 0.2) is 0 Å². The van der Waals surface area contributed by atoms with Crippen LogP contribution in [-0.2, 0) is 9.53 Å². The largest absolute Gasteiger partial charge is 0.383 e. The standard InChI is InChI=1S/C14H19NO2S/c1-11(12-6-4-3-5-7-12)14-15(8-9-17-2)13(16)10-18-14/h3-7,11,14H,8-10H2,1-2H3. The van der Waals surface area contributed by atoms with Crippen LogP contribution in [0.3, 0.4) is 0 Å². The van der Waals surface area contributed by atoms with Crippen molar-refractivity contribution in [3.05, 3.63) is 35.9 Å². The van der Waals surface area contributed by atoms with Crippen LogP contribution < -0.4 is 0 Å². The average molecular weight is 265 g/mol. The van der Waals surface area contributed by atoms with E-state index in [0.717, 1.165) is 0 Å². The zero-order valence-corrected chi connectivity index (χ0v) is 11.7. The van der Waals surface area contributed by atoms with Crippen molar-refractivity contribution in [2.24, 2.45) is 0 Å². The summed E-state index contributed by atoms with van der Waals surface area (Å²) >= 11 is 1.73. The second kappa shape index (κ2) is 6.25. The molecule has 1 aliphatic heterocycles. The van der Waals surface area contributed by atoms with E-state index < -0.39 is 0 Å². The first-order valence-electron chi connectivity index (χ1n) is 6.19. The summed E-state index contributed by atoms with van der Waals surface area (Å²) < 4.78 is 5.08. The van der Waals surface area contributed by atoms with Crippen molar-refractivity contribution in [2.75, 3.05) is 26.0 Å². The molecule has 0 aromatic heterocycles. The third kappa shape index (κ3) is 2.87. The van der Waals surface area contributed by atoms with Gasteiger partial charge >= 0.3 is 0 Å². The van der Waals surface area contributed by atoms with Crippen LogP contribution in [0.1, 0.15) is 18.4 Å². The smallest absolute Gasteiger partial charge is 0.233 e. The number of hydrogen-bond donors (Lipinski definition) is 0. The normalized spacial score (nSPS) is 21.3. The molecule has 1 fully saturated rings. The number of ether oxygens (including phenoxy) is 1. The van der Waals surface area contributed by atoms with Crippen LogP contribution in [0.5, 0.6) is 0 Å². The molecule has 4 heteroatoms. The minimum atomic E-state index is 0.227. The molecule has 18 heavy (non-hydrogen) atoms. The quantitative estimate of drug-likeness (QED) is 0.818. The lowest BCUT2D eigenvalue weighted by Gasteiger charge is -2.28. The van der Waals surface area contributed by atoms with Gasteiger partial charge in [-0.3, -0.25) is 4.79 Å². The maximum absolute atomic E-state index is 11.9. The zero-order chi connectivity index (χ0) is 13.0. The molecule has 1 saturated heterocycles. The Labute approximate surface area is 113 Å². The van der Waals surface area contributed by atoms with Crippen LogP contribution in [0.15, 0.2) is 30.3 Å². The fourth-order valence-corrected chi connectivity index (χ4v) is 3.58. The topological polar surface area (TPSA) is 29.5 Å². The SMILES string of the molecule is COCCN1C(=O)CSC1C(C)c1ccccc1. The molecule has 2 atom stereocenters. The third-order valence-electron chi connectivity index (χ3n) is 3.29. The number of nitrogens with zero attached hydrogens (tertiary/aromatic N) is 1. The Morgan fingerprint density at radius 2 is 2.17 bits per heavy atom. The van der Waals surface area contributed by atoms with Crippen LogP contribution in [0.4, 0.5) is 0 Å².